The molecule has 0 aromatic heterocycles. The van der Waals surface area contributed by atoms with Crippen LogP contribution in [0, 0.1) is 0 Å². The van der Waals surface area contributed by atoms with E-state index in [0.717, 1.165) is 25.3 Å². The quantitative estimate of drug-likeness (QED) is 0.336. The van der Waals surface area contributed by atoms with Gasteiger partial charge in [0.05, 0.1) is 17.1 Å². The molecule has 24 heavy (non-hydrogen) atoms. The van der Waals surface area contributed by atoms with Gasteiger partial charge in [-0.15, -0.1) is 0 Å². The van der Waals surface area contributed by atoms with Gasteiger partial charge in [0.25, 0.3) is 10.1 Å². The molecule has 0 amide bonds. The second kappa shape index (κ2) is 11.2. The minimum atomic E-state index is -4.31. The van der Waals surface area contributed by atoms with E-state index in [-0.39, 0.29) is 10.5 Å². The Bertz CT molecular complexity index is 595. The van der Waals surface area contributed by atoms with E-state index in [4.69, 9.17) is 9.29 Å². The molecule has 0 aliphatic heterocycles. The number of unbranched alkanes of at least 4 members (excludes halogenated alkanes) is 8. The zero-order chi connectivity index (χ0) is 17.8. The Kier molecular flexibility index (Phi) is 9.64. The Balaban J connectivity index is 2.19. The third-order valence-corrected chi connectivity index (χ3v) is 4.70. The summed E-state index contributed by atoms with van der Waals surface area (Å²) in [4.78, 5) is 11.6. The second-order valence-corrected chi connectivity index (χ2v) is 7.39. The van der Waals surface area contributed by atoms with Crippen molar-refractivity contribution in [1.29, 1.82) is 0 Å². The SMILES string of the molecule is CCCCCCCCCCCOC(=O)c1cccc(S(=O)(=O)O)c1. The largest absolute Gasteiger partial charge is 0.462 e. The second-order valence-electron chi connectivity index (χ2n) is 5.97. The molecule has 1 rings (SSSR count). The molecule has 0 aliphatic rings. The van der Waals surface area contributed by atoms with Gasteiger partial charge < -0.3 is 4.74 Å². The van der Waals surface area contributed by atoms with Crippen molar-refractivity contribution in [2.24, 2.45) is 0 Å². The summed E-state index contributed by atoms with van der Waals surface area (Å²) in [5, 5.41) is 0. The lowest BCUT2D eigenvalue weighted by molar-refractivity contribution is 0.0497. The Labute approximate surface area is 145 Å². The average molecular weight is 356 g/mol. The topological polar surface area (TPSA) is 80.7 Å². The minimum absolute atomic E-state index is 0.126. The van der Waals surface area contributed by atoms with E-state index in [0.29, 0.717) is 6.61 Å². The Morgan fingerprint density at radius 2 is 1.58 bits per heavy atom. The van der Waals surface area contributed by atoms with Gasteiger partial charge in [0.2, 0.25) is 0 Å². The number of hydrogen-bond donors (Lipinski definition) is 1. The lowest BCUT2D eigenvalue weighted by Crippen LogP contribution is -2.08. The van der Waals surface area contributed by atoms with Crippen LogP contribution in [0.15, 0.2) is 29.2 Å². The molecule has 0 unspecified atom stereocenters. The molecule has 1 aromatic carbocycles. The number of rotatable bonds is 12. The smallest absolute Gasteiger partial charge is 0.338 e. The van der Waals surface area contributed by atoms with Crippen LogP contribution in [-0.4, -0.2) is 25.5 Å². The van der Waals surface area contributed by atoms with Crippen LogP contribution in [0.25, 0.3) is 0 Å². The number of carbonyl (C=O) groups is 1. The predicted octanol–water partition coefficient (Wildman–Crippen LogP) is 4.62. The molecule has 0 saturated heterocycles. The van der Waals surface area contributed by atoms with Gasteiger partial charge in [0, 0.05) is 0 Å². The van der Waals surface area contributed by atoms with Crippen molar-refractivity contribution < 1.29 is 22.5 Å². The Morgan fingerprint density at radius 3 is 2.17 bits per heavy atom. The first-order valence-corrected chi connectivity index (χ1v) is 10.1. The molecule has 0 fully saturated rings. The molecule has 0 bridgehead atoms. The maximum Gasteiger partial charge on any atom is 0.338 e. The summed E-state index contributed by atoms with van der Waals surface area (Å²) in [7, 11) is -4.31. The molecule has 0 aliphatic carbocycles. The van der Waals surface area contributed by atoms with Gasteiger partial charge in [-0.25, -0.2) is 4.79 Å². The number of benzene rings is 1. The van der Waals surface area contributed by atoms with Crippen LogP contribution in [0.4, 0.5) is 0 Å². The molecule has 0 heterocycles. The fourth-order valence-electron chi connectivity index (χ4n) is 2.44. The molecule has 136 valence electrons. The Morgan fingerprint density at radius 1 is 1.00 bits per heavy atom. The number of carbonyl (C=O) groups excluding carboxylic acids is 1. The van der Waals surface area contributed by atoms with Gasteiger partial charge in [-0.1, -0.05) is 64.4 Å². The number of ether oxygens (including phenoxy) is 1. The van der Waals surface area contributed by atoms with Gasteiger partial charge in [-0.2, -0.15) is 8.42 Å². The zero-order valence-corrected chi connectivity index (χ0v) is 15.2. The van der Waals surface area contributed by atoms with E-state index in [1.807, 2.05) is 0 Å². The van der Waals surface area contributed by atoms with E-state index in [9.17, 15) is 13.2 Å². The van der Waals surface area contributed by atoms with E-state index < -0.39 is 16.1 Å². The summed E-state index contributed by atoms with van der Waals surface area (Å²) in [6, 6.07) is 5.21. The van der Waals surface area contributed by atoms with Crippen molar-refractivity contribution in [2.45, 2.75) is 69.6 Å². The third kappa shape index (κ3) is 8.45. The highest BCUT2D eigenvalue weighted by Crippen LogP contribution is 2.13. The molecular formula is C18H28O5S. The van der Waals surface area contributed by atoms with E-state index in [1.54, 1.807) is 0 Å². The normalized spacial score (nSPS) is 11.4. The van der Waals surface area contributed by atoms with Crippen LogP contribution < -0.4 is 0 Å². The molecule has 1 N–H and O–H groups in total. The monoisotopic (exact) mass is 356 g/mol. The molecule has 0 atom stereocenters. The van der Waals surface area contributed by atoms with E-state index >= 15 is 0 Å². The number of hydrogen-bond acceptors (Lipinski definition) is 4. The first kappa shape index (κ1) is 20.6. The van der Waals surface area contributed by atoms with Gasteiger partial charge in [-0.3, -0.25) is 4.55 Å². The zero-order valence-electron chi connectivity index (χ0n) is 14.4. The van der Waals surface area contributed by atoms with Gasteiger partial charge >= 0.3 is 5.97 Å². The van der Waals surface area contributed by atoms with Crippen LogP contribution in [0.3, 0.4) is 0 Å². The molecule has 6 heteroatoms. The highest BCUT2D eigenvalue weighted by molar-refractivity contribution is 7.85. The maximum absolute atomic E-state index is 11.9. The van der Waals surface area contributed by atoms with Crippen molar-refractivity contribution in [1.82, 2.24) is 0 Å². The fourth-order valence-corrected chi connectivity index (χ4v) is 2.97. The summed E-state index contributed by atoms with van der Waals surface area (Å²) >= 11 is 0. The fraction of sp³-hybridized carbons (Fsp3) is 0.611. The predicted molar refractivity (Wildman–Crippen MR) is 93.8 cm³/mol. The van der Waals surface area contributed by atoms with Crippen LogP contribution in [-0.2, 0) is 14.9 Å². The van der Waals surface area contributed by atoms with Crippen LogP contribution >= 0.6 is 0 Å². The van der Waals surface area contributed by atoms with Crippen LogP contribution in [0.1, 0.15) is 75.1 Å². The average Bonchev–Trinajstić information content (AvgIpc) is 2.55. The van der Waals surface area contributed by atoms with Crippen LogP contribution in [0.2, 0.25) is 0 Å². The summed E-state index contributed by atoms with van der Waals surface area (Å²) < 4.78 is 36.2. The van der Waals surface area contributed by atoms with Crippen LogP contribution in [0.5, 0.6) is 0 Å². The van der Waals surface area contributed by atoms with Crippen molar-refractivity contribution in [3.8, 4) is 0 Å². The molecule has 5 nitrogen and oxygen atoms in total. The maximum atomic E-state index is 11.9. The summed E-state index contributed by atoms with van der Waals surface area (Å²) in [5.41, 5.74) is 0.126. The van der Waals surface area contributed by atoms with E-state index in [1.165, 1.54) is 56.7 Å². The summed E-state index contributed by atoms with van der Waals surface area (Å²) in [6.45, 7) is 2.53. The molecule has 0 spiro atoms. The summed E-state index contributed by atoms with van der Waals surface area (Å²) in [6.07, 6.45) is 10.6. The van der Waals surface area contributed by atoms with Crippen molar-refractivity contribution in [3.63, 3.8) is 0 Å². The van der Waals surface area contributed by atoms with Gasteiger partial charge in [0.15, 0.2) is 0 Å². The lowest BCUT2D eigenvalue weighted by Gasteiger charge is -2.06. The molecule has 1 aromatic rings. The molecule has 0 saturated carbocycles. The van der Waals surface area contributed by atoms with Crippen molar-refractivity contribution in [2.75, 3.05) is 6.61 Å². The molecular weight excluding hydrogens is 328 g/mol. The minimum Gasteiger partial charge on any atom is -0.462 e. The first-order valence-electron chi connectivity index (χ1n) is 8.70. The van der Waals surface area contributed by atoms with Crippen molar-refractivity contribution in [3.05, 3.63) is 29.8 Å². The third-order valence-electron chi connectivity index (χ3n) is 3.85. The van der Waals surface area contributed by atoms with Crippen molar-refractivity contribution >= 4 is 16.1 Å². The Hall–Kier alpha value is -1.40. The van der Waals surface area contributed by atoms with Gasteiger partial charge in [0.1, 0.15) is 0 Å². The standard InChI is InChI=1S/C18H28O5S/c1-2-3-4-5-6-7-8-9-10-14-23-18(19)16-12-11-13-17(15-16)24(20,21)22/h11-13,15H,2-10,14H2,1H3,(H,20,21,22). The number of esters is 1. The molecule has 0 radical (unpaired) electrons. The highest BCUT2D eigenvalue weighted by Gasteiger charge is 2.13. The lowest BCUT2D eigenvalue weighted by atomic mass is 10.1. The van der Waals surface area contributed by atoms with E-state index in [2.05, 4.69) is 6.92 Å². The highest BCUT2D eigenvalue weighted by atomic mass is 32.2. The first-order chi connectivity index (χ1) is 11.4. The summed E-state index contributed by atoms with van der Waals surface area (Å²) in [5.74, 6) is -0.569. The van der Waals surface area contributed by atoms with Gasteiger partial charge in [-0.05, 0) is 24.6 Å².